The van der Waals surface area contributed by atoms with Gasteiger partial charge in [0, 0.05) is 0 Å². The van der Waals surface area contributed by atoms with Crippen molar-refractivity contribution in [3.63, 3.8) is 0 Å². The van der Waals surface area contributed by atoms with Crippen LogP contribution in [0.25, 0.3) is 0 Å². The first-order valence-corrected chi connectivity index (χ1v) is 6.07. The van der Waals surface area contributed by atoms with Crippen molar-refractivity contribution in [3.05, 3.63) is 60.7 Å². The molecule has 0 aromatic heterocycles. The molecule has 0 radical (unpaired) electrons. The fraction of sp³-hybridized carbons (Fsp3) is 0. The number of para-hydroxylation sites is 2. The fourth-order valence-electron chi connectivity index (χ4n) is 1.19. The van der Waals surface area contributed by atoms with Gasteiger partial charge >= 0.3 is 46.0 Å². The molecule has 0 spiro atoms. The summed E-state index contributed by atoms with van der Waals surface area (Å²) < 4.78 is 21.8. The number of rotatable bonds is 4. The van der Waals surface area contributed by atoms with Crippen LogP contribution in [0, 0.1) is 0 Å². The third-order valence-corrected chi connectivity index (χ3v) is 2.69. The fourth-order valence-corrected chi connectivity index (χ4v) is 1.89. The molecule has 3 nitrogen and oxygen atoms in total. The Bertz CT molecular complexity index is 418. The molecule has 17 heavy (non-hydrogen) atoms. The van der Waals surface area contributed by atoms with Crippen LogP contribution in [0.1, 0.15) is 0 Å². The van der Waals surface area contributed by atoms with E-state index in [0.717, 1.165) is 0 Å². The summed E-state index contributed by atoms with van der Waals surface area (Å²) in [4.78, 5) is 0. The van der Waals surface area contributed by atoms with Gasteiger partial charge in [-0.1, -0.05) is 36.4 Å². The van der Waals surface area contributed by atoms with E-state index in [0.29, 0.717) is 11.5 Å². The van der Waals surface area contributed by atoms with E-state index in [1.165, 1.54) is 0 Å². The van der Waals surface area contributed by atoms with Crippen LogP contribution in [0.3, 0.4) is 0 Å². The molecular weight excluding hydrogens is 263 g/mol. The molecule has 0 aliphatic carbocycles. The van der Waals surface area contributed by atoms with E-state index in [9.17, 15) is 4.57 Å². The van der Waals surface area contributed by atoms with E-state index >= 15 is 0 Å². The van der Waals surface area contributed by atoms with Crippen LogP contribution in [-0.2, 0) is 4.57 Å². The molecule has 0 aliphatic heterocycles. The van der Waals surface area contributed by atoms with E-state index in [-0.39, 0.29) is 37.7 Å². The molecule has 5 heteroatoms. The number of hydrogen-bond acceptors (Lipinski definition) is 3. The molecule has 0 fully saturated rings. The van der Waals surface area contributed by atoms with E-state index in [4.69, 9.17) is 9.05 Å². The van der Waals surface area contributed by atoms with Gasteiger partial charge in [-0.2, -0.15) is 0 Å². The zero-order valence-corrected chi connectivity index (χ0v) is 9.50. The average Bonchev–Trinajstić information content (AvgIpc) is 2.31. The van der Waals surface area contributed by atoms with Gasteiger partial charge in [-0.15, -0.1) is 0 Å². The summed E-state index contributed by atoms with van der Waals surface area (Å²) in [6.07, 6.45) is 0. The standard InChI is InChI=1S/C12H11O3P.Ca.2H/c13-16(14-11-7-3-1-4-8-11)15-12-9-5-2-6-10-12;;;/h1-10,16H;;;. The SMILES string of the molecule is O=[PH](Oc1ccccc1)Oc1ccccc1.[CaH2]. The average molecular weight is 276 g/mol. The van der Waals surface area contributed by atoms with Gasteiger partial charge in [-0.05, 0) is 24.3 Å². The van der Waals surface area contributed by atoms with Gasteiger partial charge in [0.25, 0.3) is 0 Å². The Morgan fingerprint density at radius 2 is 1.06 bits per heavy atom. The first kappa shape index (κ1) is 14.6. The van der Waals surface area contributed by atoms with E-state index < -0.39 is 8.25 Å². The van der Waals surface area contributed by atoms with Gasteiger partial charge in [-0.25, -0.2) is 4.57 Å². The van der Waals surface area contributed by atoms with Crippen molar-refractivity contribution < 1.29 is 13.6 Å². The molecule has 0 bridgehead atoms. The first-order chi connectivity index (χ1) is 7.84. The van der Waals surface area contributed by atoms with Crippen LogP contribution >= 0.6 is 8.25 Å². The monoisotopic (exact) mass is 276 g/mol. The van der Waals surface area contributed by atoms with E-state index in [1.807, 2.05) is 36.4 Å². The molecule has 86 valence electrons. The van der Waals surface area contributed by atoms with Gasteiger partial charge in [0.2, 0.25) is 0 Å². The van der Waals surface area contributed by atoms with Crippen LogP contribution in [0.4, 0.5) is 0 Å². The van der Waals surface area contributed by atoms with Crippen molar-refractivity contribution in [2.24, 2.45) is 0 Å². The van der Waals surface area contributed by atoms with E-state index in [1.54, 1.807) is 24.3 Å². The molecule has 2 rings (SSSR count). The van der Waals surface area contributed by atoms with Crippen LogP contribution in [0.15, 0.2) is 60.7 Å². The summed E-state index contributed by atoms with van der Waals surface area (Å²) in [5.41, 5.74) is 0. The van der Waals surface area contributed by atoms with Gasteiger partial charge in [0.15, 0.2) is 0 Å². The maximum absolute atomic E-state index is 11.5. The molecule has 0 N–H and O–H groups in total. The van der Waals surface area contributed by atoms with Crippen molar-refractivity contribution >= 4 is 46.0 Å². The van der Waals surface area contributed by atoms with Crippen molar-refractivity contribution in [3.8, 4) is 11.5 Å². The zero-order chi connectivity index (χ0) is 11.2. The van der Waals surface area contributed by atoms with Crippen molar-refractivity contribution in [2.75, 3.05) is 0 Å². The Hall–Kier alpha value is -0.470. The maximum atomic E-state index is 11.5. The Kier molecular flexibility index (Phi) is 6.68. The second-order valence-corrected chi connectivity index (χ2v) is 3.99. The summed E-state index contributed by atoms with van der Waals surface area (Å²) in [5.74, 6) is 1.09. The molecular formula is C12H13CaO3P. The predicted molar refractivity (Wildman–Crippen MR) is 71.7 cm³/mol. The van der Waals surface area contributed by atoms with Crippen molar-refractivity contribution in [2.45, 2.75) is 0 Å². The molecule has 2 aromatic carbocycles. The summed E-state index contributed by atoms with van der Waals surface area (Å²) >= 11 is 0. The molecule has 2 aromatic rings. The first-order valence-electron chi connectivity index (χ1n) is 4.84. The Morgan fingerprint density at radius 1 is 0.706 bits per heavy atom. The molecule has 0 heterocycles. The van der Waals surface area contributed by atoms with Crippen molar-refractivity contribution in [1.29, 1.82) is 0 Å². The zero-order valence-electron chi connectivity index (χ0n) is 8.50. The Labute approximate surface area is 131 Å². The summed E-state index contributed by atoms with van der Waals surface area (Å²) in [6.45, 7) is 0. The van der Waals surface area contributed by atoms with Crippen LogP contribution in [0.5, 0.6) is 11.5 Å². The molecule has 0 amide bonds. The minimum atomic E-state index is -2.54. The Balaban J connectivity index is 0.00000144. The van der Waals surface area contributed by atoms with Crippen LogP contribution < -0.4 is 9.05 Å². The van der Waals surface area contributed by atoms with Crippen LogP contribution in [-0.4, -0.2) is 37.7 Å². The quantitative estimate of drug-likeness (QED) is 0.636. The van der Waals surface area contributed by atoms with Gasteiger partial charge in [0.1, 0.15) is 11.5 Å². The molecule has 0 aliphatic rings. The normalized spacial score (nSPS) is 9.47. The third kappa shape index (κ3) is 5.13. The molecule has 0 saturated carbocycles. The van der Waals surface area contributed by atoms with Gasteiger partial charge < -0.3 is 9.05 Å². The van der Waals surface area contributed by atoms with Crippen LogP contribution in [0.2, 0.25) is 0 Å². The molecule has 0 atom stereocenters. The summed E-state index contributed by atoms with van der Waals surface area (Å²) in [6, 6.07) is 17.9. The van der Waals surface area contributed by atoms with Crippen molar-refractivity contribution in [1.82, 2.24) is 0 Å². The summed E-state index contributed by atoms with van der Waals surface area (Å²) in [5, 5.41) is 0. The van der Waals surface area contributed by atoms with Gasteiger partial charge in [-0.3, -0.25) is 0 Å². The molecule has 0 saturated heterocycles. The van der Waals surface area contributed by atoms with Gasteiger partial charge in [0.05, 0.1) is 0 Å². The summed E-state index contributed by atoms with van der Waals surface area (Å²) in [7, 11) is -2.54. The Morgan fingerprint density at radius 3 is 1.41 bits per heavy atom. The molecule has 0 unspecified atom stereocenters. The minimum absolute atomic E-state index is 0. The number of hydrogen-bond donors (Lipinski definition) is 0. The second-order valence-electron chi connectivity index (χ2n) is 3.08. The topological polar surface area (TPSA) is 35.5 Å². The number of benzene rings is 2. The third-order valence-electron chi connectivity index (χ3n) is 1.89. The van der Waals surface area contributed by atoms with E-state index in [2.05, 4.69) is 0 Å². The predicted octanol–water partition coefficient (Wildman–Crippen LogP) is 2.62. The second kappa shape index (κ2) is 7.78.